The summed E-state index contributed by atoms with van der Waals surface area (Å²) in [4.78, 5) is 7.88. The molecule has 2 heterocycles. The number of hydrogen-bond donors (Lipinski definition) is 1. The molecule has 0 aliphatic carbocycles. The summed E-state index contributed by atoms with van der Waals surface area (Å²) in [5, 5.41) is 1.95. The molecule has 3 nitrogen and oxygen atoms in total. The van der Waals surface area contributed by atoms with Gasteiger partial charge in [-0.05, 0) is 11.4 Å². The first kappa shape index (κ1) is 11.4. The minimum absolute atomic E-state index is 0. The highest BCUT2D eigenvalue weighted by molar-refractivity contribution is 7.17. The number of nitrogens with two attached hydrogens (primary N) is 1. The highest BCUT2D eigenvalue weighted by Gasteiger charge is 1.98. The number of nitrogens with zero attached hydrogens (tertiary/aromatic N) is 2. The number of nitrogen functional groups attached to an aromatic ring is 1. The summed E-state index contributed by atoms with van der Waals surface area (Å²) < 4.78 is 0.975. The Kier molecular flexibility index (Phi) is 4.23. The fourth-order valence-electron chi connectivity index (χ4n) is 0.808. The van der Waals surface area contributed by atoms with Crippen molar-refractivity contribution in [3.63, 3.8) is 0 Å². The molecule has 66 valence electrons. The average Bonchev–Trinajstić information content (AvgIpc) is 2.36. The topological polar surface area (TPSA) is 51.8 Å². The predicted molar refractivity (Wildman–Crippen MR) is 56.3 cm³/mol. The van der Waals surface area contributed by atoms with Crippen LogP contribution in [0.1, 0.15) is 0 Å². The summed E-state index contributed by atoms with van der Waals surface area (Å²) >= 11 is 1.56. The molecule has 2 rings (SSSR count). The van der Waals surface area contributed by atoms with Gasteiger partial charge in [-0.3, -0.25) is 0 Å². The molecular formula is C6H7Cl2N3S. The Morgan fingerprint density at radius 1 is 1.25 bits per heavy atom. The van der Waals surface area contributed by atoms with Gasteiger partial charge in [-0.15, -0.1) is 36.2 Å². The summed E-state index contributed by atoms with van der Waals surface area (Å²) in [5.74, 6) is 0.569. The fourth-order valence-corrected chi connectivity index (χ4v) is 1.56. The minimum Gasteiger partial charge on any atom is -0.382 e. The van der Waals surface area contributed by atoms with Gasteiger partial charge in [0.15, 0.2) is 0 Å². The lowest BCUT2D eigenvalue weighted by Gasteiger charge is -1.90. The first-order chi connectivity index (χ1) is 4.88. The van der Waals surface area contributed by atoms with Crippen LogP contribution in [0.2, 0.25) is 0 Å². The zero-order chi connectivity index (χ0) is 6.97. The van der Waals surface area contributed by atoms with E-state index in [2.05, 4.69) is 9.97 Å². The number of fused-ring (bicyclic) bond motifs is 1. The summed E-state index contributed by atoms with van der Waals surface area (Å²) in [6, 6.07) is 1.93. The van der Waals surface area contributed by atoms with E-state index < -0.39 is 0 Å². The van der Waals surface area contributed by atoms with Gasteiger partial charge >= 0.3 is 0 Å². The average molecular weight is 224 g/mol. The van der Waals surface area contributed by atoms with Crippen molar-refractivity contribution in [1.29, 1.82) is 0 Å². The van der Waals surface area contributed by atoms with E-state index in [4.69, 9.17) is 5.73 Å². The Labute approximate surface area is 85.8 Å². The molecule has 12 heavy (non-hydrogen) atoms. The fraction of sp³-hybridized carbons (Fsp3) is 0. The van der Waals surface area contributed by atoms with Gasteiger partial charge in [0, 0.05) is 0 Å². The highest BCUT2D eigenvalue weighted by Crippen LogP contribution is 2.21. The summed E-state index contributed by atoms with van der Waals surface area (Å²) in [6.45, 7) is 0. The standard InChI is InChI=1S/C6H5N3S.2ClH/c7-6-5-4(1-2-10-5)8-3-9-6;;/h1-3H,(H2,7,8,9);2*1H. The number of halogens is 2. The molecule has 0 fully saturated rings. The minimum atomic E-state index is 0. The molecule has 0 bridgehead atoms. The molecule has 2 aromatic heterocycles. The molecule has 0 spiro atoms. The molecule has 2 N–H and O–H groups in total. The van der Waals surface area contributed by atoms with Crippen molar-refractivity contribution >= 4 is 52.2 Å². The quantitative estimate of drug-likeness (QED) is 0.745. The second-order valence-corrected chi connectivity index (χ2v) is 2.81. The van der Waals surface area contributed by atoms with Gasteiger partial charge in [0.1, 0.15) is 12.1 Å². The van der Waals surface area contributed by atoms with Gasteiger partial charge in [0.05, 0.1) is 10.2 Å². The summed E-state index contributed by atoms with van der Waals surface area (Å²) in [6.07, 6.45) is 1.48. The van der Waals surface area contributed by atoms with E-state index in [1.807, 2.05) is 11.4 Å². The normalized spacial score (nSPS) is 8.67. The molecule has 6 heteroatoms. The lowest BCUT2D eigenvalue weighted by molar-refractivity contribution is 1.24. The Morgan fingerprint density at radius 2 is 2.00 bits per heavy atom. The van der Waals surface area contributed by atoms with Crippen LogP contribution < -0.4 is 5.73 Å². The monoisotopic (exact) mass is 223 g/mol. The van der Waals surface area contributed by atoms with Crippen molar-refractivity contribution in [2.24, 2.45) is 0 Å². The number of rotatable bonds is 0. The smallest absolute Gasteiger partial charge is 0.144 e. The number of anilines is 1. The number of aromatic nitrogens is 2. The van der Waals surface area contributed by atoms with Gasteiger partial charge < -0.3 is 5.73 Å². The van der Waals surface area contributed by atoms with E-state index in [1.54, 1.807) is 11.3 Å². The maximum absolute atomic E-state index is 5.56. The van der Waals surface area contributed by atoms with Crippen LogP contribution in [-0.4, -0.2) is 9.97 Å². The Hall–Kier alpha value is -0.580. The van der Waals surface area contributed by atoms with Crippen molar-refractivity contribution in [2.45, 2.75) is 0 Å². The second-order valence-electron chi connectivity index (χ2n) is 1.89. The largest absolute Gasteiger partial charge is 0.382 e. The van der Waals surface area contributed by atoms with Crippen molar-refractivity contribution in [3.05, 3.63) is 17.8 Å². The number of hydrogen-bond acceptors (Lipinski definition) is 4. The molecule has 0 unspecified atom stereocenters. The van der Waals surface area contributed by atoms with Gasteiger partial charge in [0.25, 0.3) is 0 Å². The van der Waals surface area contributed by atoms with Crippen LogP contribution in [0.25, 0.3) is 10.2 Å². The van der Waals surface area contributed by atoms with E-state index in [-0.39, 0.29) is 24.8 Å². The first-order valence-electron chi connectivity index (χ1n) is 2.81. The molecule has 0 atom stereocenters. The molecule has 0 amide bonds. The zero-order valence-corrected chi connectivity index (χ0v) is 8.38. The van der Waals surface area contributed by atoms with Crippen LogP contribution in [0, 0.1) is 0 Å². The lowest BCUT2D eigenvalue weighted by Crippen LogP contribution is -1.89. The summed E-state index contributed by atoms with van der Waals surface area (Å²) in [5.41, 5.74) is 6.49. The molecule has 0 saturated carbocycles. The summed E-state index contributed by atoms with van der Waals surface area (Å²) in [7, 11) is 0. The Balaban J connectivity index is 0.000000605. The Bertz CT molecular complexity index is 362. The molecular weight excluding hydrogens is 217 g/mol. The molecule has 0 aliphatic heterocycles. The number of thiophene rings is 1. The van der Waals surface area contributed by atoms with Crippen LogP contribution in [0.15, 0.2) is 17.8 Å². The van der Waals surface area contributed by atoms with E-state index in [0.29, 0.717) is 5.82 Å². The van der Waals surface area contributed by atoms with E-state index in [9.17, 15) is 0 Å². The zero-order valence-electron chi connectivity index (χ0n) is 5.93. The Morgan fingerprint density at radius 3 is 2.67 bits per heavy atom. The lowest BCUT2D eigenvalue weighted by atomic mass is 10.4. The third-order valence-corrected chi connectivity index (χ3v) is 2.20. The molecule has 0 saturated heterocycles. The van der Waals surface area contributed by atoms with Gasteiger partial charge in [-0.2, -0.15) is 0 Å². The molecule has 0 aliphatic rings. The van der Waals surface area contributed by atoms with Crippen molar-refractivity contribution in [3.8, 4) is 0 Å². The van der Waals surface area contributed by atoms with Crippen LogP contribution in [0.3, 0.4) is 0 Å². The van der Waals surface area contributed by atoms with E-state index in [1.165, 1.54) is 6.33 Å². The predicted octanol–water partition coefficient (Wildman–Crippen LogP) is 2.12. The van der Waals surface area contributed by atoms with Crippen LogP contribution in [0.4, 0.5) is 5.82 Å². The molecule has 2 aromatic rings. The van der Waals surface area contributed by atoms with E-state index >= 15 is 0 Å². The van der Waals surface area contributed by atoms with Gasteiger partial charge in [-0.1, -0.05) is 0 Å². The van der Waals surface area contributed by atoms with Crippen LogP contribution in [-0.2, 0) is 0 Å². The van der Waals surface area contributed by atoms with Crippen LogP contribution >= 0.6 is 36.2 Å². The highest BCUT2D eigenvalue weighted by atomic mass is 35.5. The van der Waals surface area contributed by atoms with E-state index in [0.717, 1.165) is 10.2 Å². The molecule has 0 radical (unpaired) electrons. The van der Waals surface area contributed by atoms with Crippen molar-refractivity contribution in [1.82, 2.24) is 9.97 Å². The molecule has 0 aromatic carbocycles. The third kappa shape index (κ3) is 1.77. The SMILES string of the molecule is Cl.Cl.Nc1ncnc2ccsc12. The van der Waals surface area contributed by atoms with Gasteiger partial charge in [-0.25, -0.2) is 9.97 Å². The van der Waals surface area contributed by atoms with Crippen LogP contribution in [0.5, 0.6) is 0 Å². The van der Waals surface area contributed by atoms with Crippen molar-refractivity contribution < 1.29 is 0 Å². The van der Waals surface area contributed by atoms with Crippen molar-refractivity contribution in [2.75, 3.05) is 5.73 Å². The maximum Gasteiger partial charge on any atom is 0.144 e. The second kappa shape index (κ2) is 4.45. The third-order valence-electron chi connectivity index (χ3n) is 1.27. The maximum atomic E-state index is 5.56. The van der Waals surface area contributed by atoms with Gasteiger partial charge in [0.2, 0.25) is 0 Å². The first-order valence-corrected chi connectivity index (χ1v) is 3.69.